The average Bonchev–Trinajstić information content (AvgIpc) is 3.11. The van der Waals surface area contributed by atoms with Gasteiger partial charge in [-0.3, -0.25) is 19.2 Å². The number of aliphatic hydroxyl groups is 1. The van der Waals surface area contributed by atoms with Crippen LogP contribution in [0.2, 0.25) is 0 Å². The molecule has 12 heteroatoms. The first-order valence-corrected chi connectivity index (χ1v) is 8.37. The number of hydrogen-bond acceptors (Lipinski definition) is 7. The van der Waals surface area contributed by atoms with Crippen molar-refractivity contribution in [3.8, 4) is 0 Å². The molecule has 0 spiro atoms. The van der Waals surface area contributed by atoms with Crippen LogP contribution in [0.1, 0.15) is 25.7 Å². The van der Waals surface area contributed by atoms with Crippen LogP contribution in [-0.2, 0) is 24.0 Å². The highest BCUT2D eigenvalue weighted by molar-refractivity contribution is 5.94. The number of likely N-dealkylation sites (tertiary alicyclic amines) is 1. The number of rotatable bonds is 10. The van der Waals surface area contributed by atoms with Gasteiger partial charge in [0.25, 0.3) is 0 Å². The minimum Gasteiger partial charge on any atom is -0.481 e. The Morgan fingerprint density at radius 3 is 2.30 bits per heavy atom. The van der Waals surface area contributed by atoms with E-state index in [-0.39, 0.29) is 25.9 Å². The summed E-state index contributed by atoms with van der Waals surface area (Å²) in [6.07, 6.45) is -0.00331. The fraction of sp³-hybridized carbons (Fsp3) is 0.667. The van der Waals surface area contributed by atoms with Crippen LogP contribution in [0.5, 0.6) is 0 Å². The standard InChI is InChI=1S/C15H24N4O8/c16-6-11(21)17-9(7-20)14(25)19-5-1-2-10(19)13(24)18-8(15(26)27)3-4-12(22)23/h8-10,20H,1-7,16H2,(H,17,21)(H,18,24)(H,22,23)(H,26,27). The van der Waals surface area contributed by atoms with Crippen molar-refractivity contribution in [3.05, 3.63) is 0 Å². The molecule has 1 saturated heterocycles. The van der Waals surface area contributed by atoms with Crippen molar-refractivity contribution < 1.29 is 39.3 Å². The number of aliphatic carboxylic acids is 2. The summed E-state index contributed by atoms with van der Waals surface area (Å²) < 4.78 is 0. The molecule has 152 valence electrons. The fourth-order valence-electron chi connectivity index (χ4n) is 2.74. The van der Waals surface area contributed by atoms with Crippen LogP contribution >= 0.6 is 0 Å². The SMILES string of the molecule is NCC(=O)NC(CO)C(=O)N1CCCC1C(=O)NC(CCC(=O)O)C(=O)O. The summed E-state index contributed by atoms with van der Waals surface area (Å²) in [5.41, 5.74) is 5.16. The Bertz CT molecular complexity index is 596. The van der Waals surface area contributed by atoms with Gasteiger partial charge in [0.05, 0.1) is 13.2 Å². The number of amides is 3. The molecule has 0 bridgehead atoms. The van der Waals surface area contributed by atoms with Gasteiger partial charge in [-0.1, -0.05) is 0 Å². The topological polar surface area (TPSA) is 199 Å². The first-order chi connectivity index (χ1) is 12.7. The third-order valence-corrected chi connectivity index (χ3v) is 4.10. The fourth-order valence-corrected chi connectivity index (χ4v) is 2.74. The van der Waals surface area contributed by atoms with Gasteiger partial charge in [0, 0.05) is 13.0 Å². The molecule has 0 saturated carbocycles. The predicted octanol–water partition coefficient (Wildman–Crippen LogP) is -3.15. The molecule has 12 nitrogen and oxygen atoms in total. The Kier molecular flexibility index (Phi) is 8.62. The van der Waals surface area contributed by atoms with Crippen LogP contribution in [0.4, 0.5) is 0 Å². The zero-order valence-corrected chi connectivity index (χ0v) is 14.6. The van der Waals surface area contributed by atoms with E-state index in [4.69, 9.17) is 15.9 Å². The van der Waals surface area contributed by atoms with Gasteiger partial charge in [-0.05, 0) is 19.3 Å². The van der Waals surface area contributed by atoms with Crippen molar-refractivity contribution in [1.29, 1.82) is 0 Å². The second kappa shape index (κ2) is 10.4. The van der Waals surface area contributed by atoms with E-state index in [0.717, 1.165) is 4.90 Å². The summed E-state index contributed by atoms with van der Waals surface area (Å²) in [7, 11) is 0. The zero-order valence-electron chi connectivity index (χ0n) is 14.6. The average molecular weight is 388 g/mol. The molecule has 3 amide bonds. The minimum atomic E-state index is -1.41. The lowest BCUT2D eigenvalue weighted by atomic mass is 10.1. The Balaban J connectivity index is 2.80. The number of carbonyl (C=O) groups is 5. The van der Waals surface area contributed by atoms with Gasteiger partial charge in [-0.2, -0.15) is 0 Å². The second-order valence-corrected chi connectivity index (χ2v) is 6.03. The largest absolute Gasteiger partial charge is 0.481 e. The van der Waals surface area contributed by atoms with Crippen molar-refractivity contribution >= 4 is 29.7 Å². The quantitative estimate of drug-likeness (QED) is 0.223. The van der Waals surface area contributed by atoms with Crippen molar-refractivity contribution in [1.82, 2.24) is 15.5 Å². The highest BCUT2D eigenvalue weighted by Gasteiger charge is 2.38. The molecule has 1 fully saturated rings. The third-order valence-electron chi connectivity index (χ3n) is 4.10. The molecular formula is C15H24N4O8. The van der Waals surface area contributed by atoms with Gasteiger partial charge in [-0.15, -0.1) is 0 Å². The summed E-state index contributed by atoms with van der Waals surface area (Å²) in [5.74, 6) is -4.66. The van der Waals surface area contributed by atoms with Crippen LogP contribution in [0.15, 0.2) is 0 Å². The van der Waals surface area contributed by atoms with Crippen LogP contribution in [0, 0.1) is 0 Å². The normalized spacial score (nSPS) is 18.4. The maximum atomic E-state index is 12.5. The number of nitrogens with two attached hydrogens (primary N) is 1. The van der Waals surface area contributed by atoms with Crippen LogP contribution < -0.4 is 16.4 Å². The molecule has 7 N–H and O–H groups in total. The Morgan fingerprint density at radius 1 is 1.11 bits per heavy atom. The molecule has 0 aromatic rings. The number of aliphatic hydroxyl groups excluding tert-OH is 1. The molecule has 0 aromatic carbocycles. The maximum Gasteiger partial charge on any atom is 0.326 e. The number of carboxylic acid groups (broad SMARTS) is 2. The summed E-state index contributed by atoms with van der Waals surface area (Å²) >= 11 is 0. The molecule has 1 aliphatic rings. The second-order valence-electron chi connectivity index (χ2n) is 6.03. The maximum absolute atomic E-state index is 12.5. The van der Waals surface area contributed by atoms with Gasteiger partial charge >= 0.3 is 11.9 Å². The zero-order chi connectivity index (χ0) is 20.6. The molecule has 0 radical (unpaired) electrons. The van der Waals surface area contributed by atoms with E-state index in [9.17, 15) is 29.1 Å². The molecular weight excluding hydrogens is 364 g/mol. The van der Waals surface area contributed by atoms with E-state index in [1.54, 1.807) is 0 Å². The molecule has 3 atom stereocenters. The summed E-state index contributed by atoms with van der Waals surface area (Å²) in [6.45, 7) is -0.873. The molecule has 1 heterocycles. The molecule has 27 heavy (non-hydrogen) atoms. The molecule has 1 rings (SSSR count). The summed E-state index contributed by atoms with van der Waals surface area (Å²) in [4.78, 5) is 59.3. The third kappa shape index (κ3) is 6.49. The van der Waals surface area contributed by atoms with Crippen LogP contribution in [0.3, 0.4) is 0 Å². The first-order valence-electron chi connectivity index (χ1n) is 8.37. The van der Waals surface area contributed by atoms with Gasteiger partial charge < -0.3 is 36.6 Å². The minimum absolute atomic E-state index is 0.193. The van der Waals surface area contributed by atoms with E-state index in [1.165, 1.54) is 0 Å². The van der Waals surface area contributed by atoms with Gasteiger partial charge in [0.2, 0.25) is 17.7 Å². The summed E-state index contributed by atoms with van der Waals surface area (Å²) in [5, 5.41) is 31.6. The molecule has 3 unspecified atom stereocenters. The predicted molar refractivity (Wildman–Crippen MR) is 89.2 cm³/mol. The Morgan fingerprint density at radius 2 is 1.78 bits per heavy atom. The number of nitrogens with one attached hydrogen (secondary N) is 2. The molecule has 0 aliphatic carbocycles. The van der Waals surface area contributed by atoms with Crippen molar-refractivity contribution in [3.63, 3.8) is 0 Å². The van der Waals surface area contributed by atoms with Crippen molar-refractivity contribution in [2.75, 3.05) is 19.7 Å². The lowest BCUT2D eigenvalue weighted by molar-refractivity contribution is -0.145. The van der Waals surface area contributed by atoms with E-state index in [2.05, 4.69) is 10.6 Å². The van der Waals surface area contributed by atoms with E-state index in [0.29, 0.717) is 6.42 Å². The van der Waals surface area contributed by atoms with Gasteiger partial charge in [-0.25, -0.2) is 4.79 Å². The first kappa shape index (κ1) is 22.3. The molecule has 1 aliphatic heterocycles. The molecule has 0 aromatic heterocycles. The number of hydrogen-bond donors (Lipinski definition) is 6. The van der Waals surface area contributed by atoms with Crippen LogP contribution in [-0.4, -0.2) is 87.7 Å². The number of carboxylic acids is 2. The Labute approximate surface area is 154 Å². The number of carbonyl (C=O) groups excluding carboxylic acids is 3. The van der Waals surface area contributed by atoms with Crippen LogP contribution in [0.25, 0.3) is 0 Å². The lowest BCUT2D eigenvalue weighted by Gasteiger charge is -2.28. The Hall–Kier alpha value is -2.73. The highest BCUT2D eigenvalue weighted by Crippen LogP contribution is 2.19. The lowest BCUT2D eigenvalue weighted by Crippen LogP contribution is -2.56. The highest BCUT2D eigenvalue weighted by atomic mass is 16.4. The van der Waals surface area contributed by atoms with Gasteiger partial charge in [0.1, 0.15) is 18.1 Å². The van der Waals surface area contributed by atoms with E-state index in [1.807, 2.05) is 0 Å². The van der Waals surface area contributed by atoms with Crippen molar-refractivity contribution in [2.24, 2.45) is 5.73 Å². The number of nitrogens with zero attached hydrogens (tertiary/aromatic N) is 1. The van der Waals surface area contributed by atoms with E-state index >= 15 is 0 Å². The summed E-state index contributed by atoms with van der Waals surface area (Å²) in [6, 6.07) is -3.65. The smallest absolute Gasteiger partial charge is 0.326 e. The van der Waals surface area contributed by atoms with E-state index < -0.39 is 60.8 Å². The van der Waals surface area contributed by atoms with Crippen molar-refractivity contribution in [2.45, 2.75) is 43.8 Å². The monoisotopic (exact) mass is 388 g/mol. The van der Waals surface area contributed by atoms with Gasteiger partial charge in [0.15, 0.2) is 0 Å².